The number of aliphatic hydroxyl groups is 1. The molecule has 1 aliphatic carbocycles. The summed E-state index contributed by atoms with van der Waals surface area (Å²) >= 11 is 0. The third kappa shape index (κ3) is 4.34. The number of nitrogens with one attached hydrogen (secondary N) is 1. The van der Waals surface area contributed by atoms with Gasteiger partial charge in [0.1, 0.15) is 35.0 Å². The van der Waals surface area contributed by atoms with Crippen LogP contribution < -0.4 is 10.2 Å². The predicted molar refractivity (Wildman–Crippen MR) is 134 cm³/mol. The van der Waals surface area contributed by atoms with Gasteiger partial charge in [-0.15, -0.1) is 0 Å². The van der Waals surface area contributed by atoms with Crippen LogP contribution in [0.4, 0.5) is 20.4 Å². The van der Waals surface area contributed by atoms with Crippen LogP contribution in [-0.4, -0.2) is 60.6 Å². The zero-order valence-electron chi connectivity index (χ0n) is 20.4. The van der Waals surface area contributed by atoms with Gasteiger partial charge in [0.25, 0.3) is 0 Å². The van der Waals surface area contributed by atoms with E-state index in [-0.39, 0.29) is 11.9 Å². The Kier molecular flexibility index (Phi) is 5.51. The summed E-state index contributed by atoms with van der Waals surface area (Å²) in [4.78, 5) is 16.0. The number of fused-ring (bicyclic) bond motifs is 2. The Morgan fingerprint density at radius 3 is 2.61 bits per heavy atom. The van der Waals surface area contributed by atoms with E-state index in [1.54, 1.807) is 10.6 Å². The van der Waals surface area contributed by atoms with Crippen molar-refractivity contribution in [2.75, 3.05) is 23.3 Å². The molecule has 1 saturated carbocycles. The minimum atomic E-state index is -0.864. The van der Waals surface area contributed by atoms with Gasteiger partial charge in [0, 0.05) is 30.8 Å². The molecule has 4 aromatic rings. The minimum absolute atomic E-state index is 0.175. The lowest BCUT2D eigenvalue weighted by Crippen LogP contribution is -2.36. The van der Waals surface area contributed by atoms with Crippen LogP contribution in [0.3, 0.4) is 0 Å². The molecule has 0 bridgehead atoms. The molecule has 0 amide bonds. The maximum atomic E-state index is 14.0. The molecule has 6 rings (SSSR count). The molecule has 2 N–H and O–H groups in total. The van der Waals surface area contributed by atoms with Crippen LogP contribution in [0.1, 0.15) is 44.7 Å². The number of alkyl halides is 1. The average Bonchev–Trinajstić information content (AvgIpc) is 3.46. The highest BCUT2D eigenvalue weighted by Gasteiger charge is 2.30. The van der Waals surface area contributed by atoms with Gasteiger partial charge in [0.2, 0.25) is 0 Å². The molecule has 2 aliphatic rings. The van der Waals surface area contributed by atoms with Crippen molar-refractivity contribution in [3.8, 4) is 11.4 Å². The largest absolute Gasteiger partial charge is 0.390 e. The fraction of sp³-hybridized carbons (Fsp3) is 0.462. The van der Waals surface area contributed by atoms with Gasteiger partial charge in [-0.05, 0) is 58.1 Å². The summed E-state index contributed by atoms with van der Waals surface area (Å²) in [6, 6.07) is 8.28. The first-order chi connectivity index (χ1) is 17.2. The van der Waals surface area contributed by atoms with Crippen molar-refractivity contribution in [2.45, 2.75) is 63.8 Å². The van der Waals surface area contributed by atoms with Crippen molar-refractivity contribution in [3.63, 3.8) is 0 Å². The highest BCUT2D eigenvalue weighted by atomic mass is 19.1. The second-order valence-electron chi connectivity index (χ2n) is 10.3. The minimum Gasteiger partial charge on any atom is -0.390 e. The van der Waals surface area contributed by atoms with E-state index >= 15 is 0 Å². The lowest BCUT2D eigenvalue weighted by Gasteiger charge is -2.34. The number of hydrogen-bond acceptors (Lipinski definition) is 7. The lowest BCUT2D eigenvalue weighted by molar-refractivity contribution is 0.0196. The summed E-state index contributed by atoms with van der Waals surface area (Å²) in [7, 11) is 0. The third-order valence-electron chi connectivity index (χ3n) is 7.33. The topological polar surface area (TPSA) is 91.5 Å². The number of aromatic nitrogens is 5. The molecular weight excluding hydrogens is 464 g/mol. The quantitative estimate of drug-likeness (QED) is 0.434. The second kappa shape index (κ2) is 8.62. The van der Waals surface area contributed by atoms with E-state index < -0.39 is 11.8 Å². The van der Waals surface area contributed by atoms with E-state index in [2.05, 4.69) is 15.3 Å². The van der Waals surface area contributed by atoms with Crippen LogP contribution in [0.2, 0.25) is 0 Å². The zero-order chi connectivity index (χ0) is 25.0. The Bertz CT molecular complexity index is 1440. The Balaban J connectivity index is 1.42. The molecule has 0 unspecified atom stereocenters. The third-order valence-corrected chi connectivity index (χ3v) is 7.33. The summed E-state index contributed by atoms with van der Waals surface area (Å²) in [5.41, 5.74) is 2.87. The summed E-state index contributed by atoms with van der Waals surface area (Å²) in [5.74, 6) is 1.08. The number of nitrogens with zero attached hydrogens (tertiary/aromatic N) is 6. The number of anilines is 2. The SMILES string of the molecule is Cc1nc2ccc(F)cc2nc1-c1cc2nc(N3CC[C@H](F)C3)cc(N[C@H]3CC[C@@](C)(O)CC3)n2n1. The average molecular weight is 494 g/mol. The van der Waals surface area contributed by atoms with E-state index in [0.29, 0.717) is 71.9 Å². The highest BCUT2D eigenvalue weighted by Crippen LogP contribution is 2.32. The van der Waals surface area contributed by atoms with Crippen LogP contribution >= 0.6 is 0 Å². The molecule has 1 atom stereocenters. The Morgan fingerprint density at radius 2 is 1.86 bits per heavy atom. The summed E-state index contributed by atoms with van der Waals surface area (Å²) < 4.78 is 29.5. The predicted octanol–water partition coefficient (Wildman–Crippen LogP) is 4.44. The second-order valence-corrected chi connectivity index (χ2v) is 10.3. The molecule has 4 heterocycles. The first-order valence-electron chi connectivity index (χ1n) is 12.5. The summed E-state index contributed by atoms with van der Waals surface area (Å²) in [6.45, 7) is 4.66. The molecule has 1 aliphatic heterocycles. The van der Waals surface area contributed by atoms with Crippen molar-refractivity contribution in [3.05, 3.63) is 41.8 Å². The van der Waals surface area contributed by atoms with Crippen LogP contribution in [0.5, 0.6) is 0 Å². The monoisotopic (exact) mass is 493 g/mol. The molecular formula is C26H29F2N7O. The molecule has 0 spiro atoms. The Hall–Kier alpha value is -3.40. The van der Waals surface area contributed by atoms with Crippen LogP contribution in [0.15, 0.2) is 30.3 Å². The molecule has 2 fully saturated rings. The number of benzene rings is 1. The van der Waals surface area contributed by atoms with Crippen LogP contribution in [0, 0.1) is 12.7 Å². The number of rotatable bonds is 4. The van der Waals surface area contributed by atoms with E-state index in [4.69, 9.17) is 10.1 Å². The standard InChI is InChI=1S/C26H29F2N7O/c1-15-25(31-20-11-16(27)3-4-19(20)29-15)21-12-23-32-22(34-10-7-17(28)14-34)13-24(35(23)33-21)30-18-5-8-26(2,36)9-6-18/h3-4,11-13,17-18,30,36H,5-10,14H2,1-2H3/t17-,18-,26+/m0/s1. The molecule has 8 nitrogen and oxygen atoms in total. The van der Waals surface area contributed by atoms with E-state index in [0.717, 1.165) is 18.7 Å². The summed E-state index contributed by atoms with van der Waals surface area (Å²) in [5, 5.41) is 18.8. The maximum Gasteiger partial charge on any atom is 0.160 e. The van der Waals surface area contributed by atoms with Gasteiger partial charge >= 0.3 is 0 Å². The zero-order valence-corrected chi connectivity index (χ0v) is 20.4. The molecule has 1 aromatic carbocycles. The highest BCUT2D eigenvalue weighted by molar-refractivity contribution is 5.78. The van der Waals surface area contributed by atoms with Crippen LogP contribution in [0.25, 0.3) is 28.1 Å². The van der Waals surface area contributed by atoms with E-state index in [9.17, 15) is 13.9 Å². The molecule has 0 radical (unpaired) electrons. The number of halogens is 2. The fourth-order valence-electron chi connectivity index (χ4n) is 5.22. The van der Waals surface area contributed by atoms with Gasteiger partial charge in [0.15, 0.2) is 5.65 Å². The molecule has 10 heteroatoms. The molecule has 1 saturated heterocycles. The van der Waals surface area contributed by atoms with Gasteiger partial charge in [-0.25, -0.2) is 23.7 Å². The number of hydrogen-bond donors (Lipinski definition) is 2. The van der Waals surface area contributed by atoms with Crippen molar-refractivity contribution in [2.24, 2.45) is 0 Å². The maximum absolute atomic E-state index is 14.0. The Labute approximate surface area is 207 Å². The van der Waals surface area contributed by atoms with Crippen molar-refractivity contribution >= 4 is 28.3 Å². The smallest absolute Gasteiger partial charge is 0.160 e. The van der Waals surface area contributed by atoms with E-state index in [1.807, 2.05) is 30.9 Å². The first-order valence-corrected chi connectivity index (χ1v) is 12.5. The normalized spacial score (nSPS) is 24.6. The van der Waals surface area contributed by atoms with Gasteiger partial charge in [-0.2, -0.15) is 9.61 Å². The van der Waals surface area contributed by atoms with Crippen molar-refractivity contribution in [1.29, 1.82) is 0 Å². The van der Waals surface area contributed by atoms with Gasteiger partial charge in [0.05, 0.1) is 28.9 Å². The fourth-order valence-corrected chi connectivity index (χ4v) is 5.22. The van der Waals surface area contributed by atoms with Crippen LogP contribution in [-0.2, 0) is 0 Å². The lowest BCUT2D eigenvalue weighted by atomic mass is 9.84. The van der Waals surface area contributed by atoms with Crippen molar-refractivity contribution in [1.82, 2.24) is 24.6 Å². The number of aryl methyl sites for hydroxylation is 1. The van der Waals surface area contributed by atoms with Gasteiger partial charge in [-0.3, -0.25) is 0 Å². The van der Waals surface area contributed by atoms with Gasteiger partial charge < -0.3 is 15.3 Å². The van der Waals surface area contributed by atoms with Gasteiger partial charge in [-0.1, -0.05) is 0 Å². The molecule has 3 aromatic heterocycles. The van der Waals surface area contributed by atoms with E-state index in [1.165, 1.54) is 12.1 Å². The Morgan fingerprint density at radius 1 is 1.06 bits per heavy atom. The van der Waals surface area contributed by atoms with Crippen molar-refractivity contribution < 1.29 is 13.9 Å². The summed E-state index contributed by atoms with van der Waals surface area (Å²) in [6.07, 6.45) is 2.72. The first kappa shape index (κ1) is 23.0. The molecule has 36 heavy (non-hydrogen) atoms. The molecule has 188 valence electrons.